The molecule has 1 saturated carbocycles. The van der Waals surface area contributed by atoms with Gasteiger partial charge in [0, 0.05) is 37.9 Å². The van der Waals surface area contributed by atoms with Gasteiger partial charge in [0.1, 0.15) is 5.82 Å². The Morgan fingerprint density at radius 2 is 2.10 bits per heavy atom. The zero-order valence-electron chi connectivity index (χ0n) is 17.3. The van der Waals surface area contributed by atoms with Crippen LogP contribution in [0.1, 0.15) is 24.8 Å². The summed E-state index contributed by atoms with van der Waals surface area (Å²) in [6, 6.07) is 9.10. The fourth-order valence-corrected chi connectivity index (χ4v) is 4.46. The second kappa shape index (κ2) is 7.78. The van der Waals surface area contributed by atoms with Gasteiger partial charge in [-0.1, -0.05) is 0 Å². The molecule has 1 aromatic carbocycles. The SMILES string of the molecule is COc1ccc(N(CC2CC2)C(=O)N2CC(N3CCCc4cc(F)ccc43)C2)cn1. The van der Waals surface area contributed by atoms with E-state index in [1.54, 1.807) is 25.4 Å². The molecule has 30 heavy (non-hydrogen) atoms. The fourth-order valence-electron chi connectivity index (χ4n) is 4.46. The van der Waals surface area contributed by atoms with E-state index in [0.29, 0.717) is 24.9 Å². The topological polar surface area (TPSA) is 48.9 Å². The number of pyridine rings is 1. The number of amides is 2. The minimum absolute atomic E-state index is 0.0430. The zero-order valence-corrected chi connectivity index (χ0v) is 17.3. The van der Waals surface area contributed by atoms with Crippen molar-refractivity contribution in [3.63, 3.8) is 0 Å². The number of urea groups is 1. The van der Waals surface area contributed by atoms with Crippen LogP contribution < -0.4 is 14.5 Å². The molecular weight excluding hydrogens is 383 g/mol. The van der Waals surface area contributed by atoms with Crippen molar-refractivity contribution in [3.05, 3.63) is 47.9 Å². The van der Waals surface area contributed by atoms with Gasteiger partial charge in [-0.2, -0.15) is 0 Å². The number of ether oxygens (including phenoxy) is 1. The number of hydrogen-bond acceptors (Lipinski definition) is 4. The van der Waals surface area contributed by atoms with Gasteiger partial charge < -0.3 is 14.5 Å². The van der Waals surface area contributed by atoms with Crippen LogP contribution in [-0.4, -0.2) is 55.2 Å². The number of fused-ring (bicyclic) bond motifs is 1. The van der Waals surface area contributed by atoms with Gasteiger partial charge in [-0.3, -0.25) is 4.90 Å². The fraction of sp³-hybridized carbons (Fsp3) is 0.478. The van der Waals surface area contributed by atoms with E-state index in [2.05, 4.69) is 9.88 Å². The first-order valence-electron chi connectivity index (χ1n) is 10.7. The molecular formula is C23H27FN4O2. The van der Waals surface area contributed by atoms with Gasteiger partial charge in [0.2, 0.25) is 5.88 Å². The van der Waals surface area contributed by atoms with Crippen molar-refractivity contribution in [1.82, 2.24) is 9.88 Å². The number of rotatable bonds is 5. The molecule has 3 aliphatic rings. The van der Waals surface area contributed by atoms with Gasteiger partial charge in [-0.05, 0) is 61.4 Å². The van der Waals surface area contributed by atoms with Crippen molar-refractivity contribution >= 4 is 17.4 Å². The van der Waals surface area contributed by atoms with Gasteiger partial charge in [0.15, 0.2) is 0 Å². The van der Waals surface area contributed by atoms with Gasteiger partial charge in [0.25, 0.3) is 0 Å². The first kappa shape index (κ1) is 19.2. The number of aromatic nitrogens is 1. The van der Waals surface area contributed by atoms with Crippen LogP contribution in [0, 0.1) is 11.7 Å². The van der Waals surface area contributed by atoms with E-state index in [1.165, 1.54) is 18.9 Å². The van der Waals surface area contributed by atoms with E-state index in [1.807, 2.05) is 21.9 Å². The molecule has 3 heterocycles. The molecule has 1 aromatic heterocycles. The Bertz CT molecular complexity index is 925. The standard InChI is InChI=1S/C23H27FN4O2/c1-30-22-9-7-19(12-25-22)28(13-16-4-5-16)23(29)26-14-20(15-26)27-10-2-3-17-11-18(24)6-8-21(17)27/h6-9,11-12,16,20H,2-5,10,13-15H2,1H3. The summed E-state index contributed by atoms with van der Waals surface area (Å²) in [5, 5.41) is 0. The molecule has 0 atom stereocenters. The van der Waals surface area contributed by atoms with Crippen LogP contribution in [0.4, 0.5) is 20.6 Å². The lowest BCUT2D eigenvalue weighted by molar-refractivity contribution is 0.154. The summed E-state index contributed by atoms with van der Waals surface area (Å²) in [5.74, 6) is 0.948. The third-order valence-corrected chi connectivity index (χ3v) is 6.38. The molecule has 2 amide bonds. The zero-order chi connectivity index (χ0) is 20.7. The van der Waals surface area contributed by atoms with Crippen molar-refractivity contribution < 1.29 is 13.9 Å². The number of benzene rings is 1. The highest BCUT2D eigenvalue weighted by Crippen LogP contribution is 2.34. The number of carbonyl (C=O) groups is 1. The number of halogens is 1. The van der Waals surface area contributed by atoms with E-state index < -0.39 is 0 Å². The molecule has 7 heteroatoms. The summed E-state index contributed by atoms with van der Waals surface area (Å²) in [6.45, 7) is 3.08. The number of aryl methyl sites for hydroxylation is 1. The lowest BCUT2D eigenvalue weighted by atomic mass is 9.97. The van der Waals surface area contributed by atoms with Crippen LogP contribution in [0.5, 0.6) is 5.88 Å². The first-order chi connectivity index (χ1) is 14.6. The van der Waals surface area contributed by atoms with Gasteiger partial charge in [-0.25, -0.2) is 14.2 Å². The van der Waals surface area contributed by atoms with Crippen LogP contribution in [0.3, 0.4) is 0 Å². The maximum absolute atomic E-state index is 13.6. The predicted molar refractivity (Wildman–Crippen MR) is 114 cm³/mol. The molecule has 2 aromatic rings. The Morgan fingerprint density at radius 1 is 1.27 bits per heavy atom. The van der Waals surface area contributed by atoms with Gasteiger partial charge in [0.05, 0.1) is 25.0 Å². The monoisotopic (exact) mass is 410 g/mol. The molecule has 0 radical (unpaired) electrons. The lowest BCUT2D eigenvalue weighted by Gasteiger charge is -2.49. The second-order valence-corrected chi connectivity index (χ2v) is 8.52. The molecule has 0 N–H and O–H groups in total. The average Bonchev–Trinajstić information content (AvgIpc) is 3.55. The highest BCUT2D eigenvalue weighted by atomic mass is 19.1. The Labute approximate surface area is 176 Å². The van der Waals surface area contributed by atoms with Crippen LogP contribution in [-0.2, 0) is 6.42 Å². The summed E-state index contributed by atoms with van der Waals surface area (Å²) in [4.78, 5) is 23.7. The van der Waals surface area contributed by atoms with E-state index in [-0.39, 0.29) is 17.9 Å². The second-order valence-electron chi connectivity index (χ2n) is 8.52. The summed E-state index contributed by atoms with van der Waals surface area (Å²) < 4.78 is 18.7. The van der Waals surface area contributed by atoms with Crippen LogP contribution >= 0.6 is 0 Å². The summed E-state index contributed by atoms with van der Waals surface area (Å²) in [7, 11) is 1.59. The minimum Gasteiger partial charge on any atom is -0.481 e. The van der Waals surface area contributed by atoms with E-state index in [4.69, 9.17) is 4.74 Å². The Kier molecular flexibility index (Phi) is 4.97. The molecule has 0 unspecified atom stereocenters. The minimum atomic E-state index is -0.176. The van der Waals surface area contributed by atoms with Crippen molar-refractivity contribution in [3.8, 4) is 5.88 Å². The maximum Gasteiger partial charge on any atom is 0.324 e. The summed E-state index contributed by atoms with van der Waals surface area (Å²) in [6.07, 6.45) is 6.00. The quantitative estimate of drug-likeness (QED) is 0.754. The summed E-state index contributed by atoms with van der Waals surface area (Å²) in [5.41, 5.74) is 3.01. The first-order valence-corrected chi connectivity index (χ1v) is 10.7. The predicted octanol–water partition coefficient (Wildman–Crippen LogP) is 3.70. The molecule has 1 saturated heterocycles. The molecule has 2 fully saturated rings. The molecule has 6 nitrogen and oxygen atoms in total. The Morgan fingerprint density at radius 3 is 2.80 bits per heavy atom. The molecule has 1 aliphatic carbocycles. The maximum atomic E-state index is 13.6. The highest BCUT2D eigenvalue weighted by molar-refractivity contribution is 5.92. The van der Waals surface area contributed by atoms with Crippen LogP contribution in [0.15, 0.2) is 36.5 Å². The normalized spacial score (nSPS) is 18.6. The van der Waals surface area contributed by atoms with Gasteiger partial charge >= 0.3 is 6.03 Å². The molecule has 158 valence electrons. The summed E-state index contributed by atoms with van der Waals surface area (Å²) >= 11 is 0. The van der Waals surface area contributed by atoms with E-state index in [9.17, 15) is 9.18 Å². The van der Waals surface area contributed by atoms with E-state index in [0.717, 1.165) is 42.9 Å². The van der Waals surface area contributed by atoms with Gasteiger partial charge in [-0.15, -0.1) is 0 Å². The van der Waals surface area contributed by atoms with Crippen LogP contribution in [0.2, 0.25) is 0 Å². The largest absolute Gasteiger partial charge is 0.481 e. The van der Waals surface area contributed by atoms with Crippen LogP contribution in [0.25, 0.3) is 0 Å². The Hall–Kier alpha value is -2.83. The molecule has 2 aliphatic heterocycles. The number of carbonyl (C=O) groups excluding carboxylic acids is 1. The van der Waals surface area contributed by atoms with Crippen molar-refractivity contribution in [1.29, 1.82) is 0 Å². The highest BCUT2D eigenvalue weighted by Gasteiger charge is 2.39. The van der Waals surface area contributed by atoms with Crippen molar-refractivity contribution in [2.75, 3.05) is 43.1 Å². The smallest absolute Gasteiger partial charge is 0.324 e. The average molecular weight is 410 g/mol. The third-order valence-electron chi connectivity index (χ3n) is 6.38. The molecule has 0 bridgehead atoms. The number of methoxy groups -OCH3 is 1. The third kappa shape index (κ3) is 3.68. The number of hydrogen-bond donors (Lipinski definition) is 0. The number of nitrogens with zero attached hydrogens (tertiary/aromatic N) is 4. The van der Waals surface area contributed by atoms with Crippen molar-refractivity contribution in [2.24, 2.45) is 5.92 Å². The number of likely N-dealkylation sites (tertiary alicyclic amines) is 1. The lowest BCUT2D eigenvalue weighted by Crippen LogP contribution is -2.64. The Balaban J connectivity index is 1.28. The molecule has 5 rings (SSSR count). The van der Waals surface area contributed by atoms with Crippen molar-refractivity contribution in [2.45, 2.75) is 31.7 Å². The van der Waals surface area contributed by atoms with E-state index >= 15 is 0 Å². The number of anilines is 2. The molecule has 0 spiro atoms.